The summed E-state index contributed by atoms with van der Waals surface area (Å²) in [7, 11) is 3.43. The Hall–Kier alpha value is -2.37. The van der Waals surface area contributed by atoms with E-state index < -0.39 is 0 Å². The summed E-state index contributed by atoms with van der Waals surface area (Å²) >= 11 is 0. The minimum atomic E-state index is 0.346. The lowest BCUT2D eigenvalue weighted by Gasteiger charge is -2.01. The number of rotatable bonds is 2. The summed E-state index contributed by atoms with van der Waals surface area (Å²) < 4.78 is 8.58. The lowest BCUT2D eigenvalue weighted by molar-refractivity contribution is 0.372. The highest BCUT2D eigenvalue weighted by Gasteiger charge is 2.08. The van der Waals surface area contributed by atoms with Crippen LogP contribution in [0.15, 0.2) is 30.7 Å². The smallest absolute Gasteiger partial charge is 0.333 e. The van der Waals surface area contributed by atoms with Crippen molar-refractivity contribution in [2.75, 3.05) is 7.11 Å². The summed E-state index contributed by atoms with van der Waals surface area (Å²) in [6.07, 6.45) is 5.47. The highest BCUT2D eigenvalue weighted by Crippen LogP contribution is 2.21. The van der Waals surface area contributed by atoms with Gasteiger partial charge in [-0.15, -0.1) is 5.10 Å². The predicted octanol–water partition coefficient (Wildman–Crippen LogP) is 1.14. The van der Waals surface area contributed by atoms with E-state index in [0.717, 1.165) is 16.8 Å². The molecule has 6 heteroatoms. The number of methoxy groups -OCH3 is 1. The van der Waals surface area contributed by atoms with Crippen LogP contribution in [0.1, 0.15) is 0 Å². The highest BCUT2D eigenvalue weighted by molar-refractivity contribution is 5.64. The monoisotopic (exact) mass is 229 g/mol. The molecule has 0 saturated heterocycles. The Morgan fingerprint density at radius 3 is 2.82 bits per heavy atom. The molecule has 3 aromatic rings. The fraction of sp³-hybridized carbons (Fsp3) is 0.182. The number of hydrogen-bond donors (Lipinski definition) is 0. The first kappa shape index (κ1) is 9.83. The molecule has 6 nitrogen and oxygen atoms in total. The van der Waals surface area contributed by atoms with Gasteiger partial charge in [0.15, 0.2) is 0 Å². The van der Waals surface area contributed by atoms with Gasteiger partial charge in [0.05, 0.1) is 30.7 Å². The first-order chi connectivity index (χ1) is 8.28. The van der Waals surface area contributed by atoms with Gasteiger partial charge in [0.2, 0.25) is 0 Å². The number of aryl methyl sites for hydroxylation is 1. The summed E-state index contributed by atoms with van der Waals surface area (Å²) in [4.78, 5) is 4.06. The van der Waals surface area contributed by atoms with E-state index in [-0.39, 0.29) is 0 Å². The molecule has 0 spiro atoms. The summed E-state index contributed by atoms with van der Waals surface area (Å²) in [5.74, 6) is 0. The molecule has 0 saturated carbocycles. The zero-order valence-electron chi connectivity index (χ0n) is 9.53. The molecule has 3 heterocycles. The van der Waals surface area contributed by atoms with E-state index in [1.807, 2.05) is 25.4 Å². The summed E-state index contributed by atoms with van der Waals surface area (Å²) in [6.45, 7) is 0. The van der Waals surface area contributed by atoms with Crippen molar-refractivity contribution in [3.05, 3.63) is 30.7 Å². The third-order valence-electron chi connectivity index (χ3n) is 2.56. The van der Waals surface area contributed by atoms with Crippen molar-refractivity contribution in [1.29, 1.82) is 0 Å². The van der Waals surface area contributed by atoms with E-state index in [1.165, 1.54) is 0 Å². The molecule has 17 heavy (non-hydrogen) atoms. The van der Waals surface area contributed by atoms with Crippen LogP contribution in [-0.2, 0) is 7.05 Å². The van der Waals surface area contributed by atoms with Crippen LogP contribution in [0.3, 0.4) is 0 Å². The minimum Gasteiger partial charge on any atom is -0.466 e. The van der Waals surface area contributed by atoms with Gasteiger partial charge in [-0.2, -0.15) is 5.10 Å². The van der Waals surface area contributed by atoms with Gasteiger partial charge in [0.25, 0.3) is 0 Å². The van der Waals surface area contributed by atoms with Gasteiger partial charge < -0.3 is 4.74 Å². The largest absolute Gasteiger partial charge is 0.466 e. The van der Waals surface area contributed by atoms with Crippen LogP contribution in [0.4, 0.5) is 0 Å². The molecule has 3 aromatic heterocycles. The number of fused-ring (bicyclic) bond motifs is 1. The second-order valence-corrected chi connectivity index (χ2v) is 3.70. The Morgan fingerprint density at radius 1 is 1.24 bits per heavy atom. The van der Waals surface area contributed by atoms with Crippen LogP contribution in [0.2, 0.25) is 0 Å². The van der Waals surface area contributed by atoms with Crippen molar-refractivity contribution in [2.24, 2.45) is 7.05 Å². The molecule has 0 unspecified atom stereocenters. The molecular weight excluding hydrogens is 218 g/mol. The summed E-state index contributed by atoms with van der Waals surface area (Å²) in [5, 5.41) is 8.44. The van der Waals surface area contributed by atoms with Crippen molar-refractivity contribution in [2.45, 2.75) is 0 Å². The zero-order valence-corrected chi connectivity index (χ0v) is 9.53. The van der Waals surface area contributed by atoms with Crippen LogP contribution in [-0.4, -0.2) is 31.5 Å². The molecule has 0 aliphatic rings. The van der Waals surface area contributed by atoms with Crippen LogP contribution in [0.25, 0.3) is 16.8 Å². The predicted molar refractivity (Wildman–Crippen MR) is 61.7 cm³/mol. The molecule has 0 N–H and O–H groups in total. The molecule has 0 amide bonds. The van der Waals surface area contributed by atoms with Gasteiger partial charge in [-0.3, -0.25) is 4.68 Å². The third kappa shape index (κ3) is 1.54. The average molecular weight is 229 g/mol. The molecule has 0 fully saturated rings. The lowest BCUT2D eigenvalue weighted by Crippen LogP contribution is -1.99. The summed E-state index contributed by atoms with van der Waals surface area (Å²) in [5.41, 5.74) is 2.90. The average Bonchev–Trinajstić information content (AvgIpc) is 2.93. The summed E-state index contributed by atoms with van der Waals surface area (Å²) in [6, 6.07) is 4.29. The molecular formula is C11H11N5O. The van der Waals surface area contributed by atoms with Gasteiger partial charge in [0, 0.05) is 18.8 Å². The Morgan fingerprint density at radius 2 is 2.12 bits per heavy atom. The van der Waals surface area contributed by atoms with Gasteiger partial charge in [-0.05, 0) is 12.1 Å². The quantitative estimate of drug-likeness (QED) is 0.661. The Labute approximate surface area is 97.5 Å². The second kappa shape index (κ2) is 3.58. The number of ether oxygens (including phenoxy) is 1. The van der Waals surface area contributed by atoms with Crippen molar-refractivity contribution >= 4 is 5.52 Å². The van der Waals surface area contributed by atoms with E-state index in [9.17, 15) is 0 Å². The van der Waals surface area contributed by atoms with Crippen molar-refractivity contribution in [3.8, 4) is 17.3 Å². The number of nitrogens with zero attached hydrogens (tertiary/aromatic N) is 5. The first-order valence-corrected chi connectivity index (χ1v) is 5.16. The second-order valence-electron chi connectivity index (χ2n) is 3.70. The lowest BCUT2D eigenvalue weighted by atomic mass is 10.3. The van der Waals surface area contributed by atoms with Gasteiger partial charge >= 0.3 is 6.01 Å². The molecule has 86 valence electrons. The fourth-order valence-electron chi connectivity index (χ4n) is 1.75. The molecule has 0 bridgehead atoms. The third-order valence-corrected chi connectivity index (χ3v) is 2.56. The maximum absolute atomic E-state index is 5.02. The van der Waals surface area contributed by atoms with Crippen LogP contribution < -0.4 is 4.74 Å². The van der Waals surface area contributed by atoms with Crippen molar-refractivity contribution in [1.82, 2.24) is 24.4 Å². The Balaban J connectivity index is 2.22. The van der Waals surface area contributed by atoms with E-state index >= 15 is 0 Å². The van der Waals surface area contributed by atoms with Crippen molar-refractivity contribution in [3.63, 3.8) is 0 Å². The maximum Gasteiger partial charge on any atom is 0.333 e. The fourth-order valence-corrected chi connectivity index (χ4v) is 1.75. The van der Waals surface area contributed by atoms with E-state index in [1.54, 1.807) is 28.7 Å². The van der Waals surface area contributed by atoms with Gasteiger partial charge in [-0.1, -0.05) is 0 Å². The highest BCUT2D eigenvalue weighted by atomic mass is 16.5. The molecule has 0 aliphatic carbocycles. The van der Waals surface area contributed by atoms with E-state index in [4.69, 9.17) is 4.74 Å². The Bertz CT molecular complexity index is 669. The topological polar surface area (TPSA) is 57.2 Å². The van der Waals surface area contributed by atoms with Crippen LogP contribution in [0.5, 0.6) is 6.01 Å². The normalized spacial score (nSPS) is 10.9. The van der Waals surface area contributed by atoms with Gasteiger partial charge in [-0.25, -0.2) is 9.50 Å². The van der Waals surface area contributed by atoms with E-state index in [0.29, 0.717) is 6.01 Å². The van der Waals surface area contributed by atoms with E-state index in [2.05, 4.69) is 15.2 Å². The molecule has 0 aliphatic heterocycles. The van der Waals surface area contributed by atoms with Crippen molar-refractivity contribution < 1.29 is 4.74 Å². The molecule has 0 atom stereocenters. The zero-order chi connectivity index (χ0) is 11.8. The molecule has 0 aromatic carbocycles. The van der Waals surface area contributed by atoms with Crippen LogP contribution in [0, 0.1) is 0 Å². The SMILES string of the molecule is COc1ncc2ccc(-c3cnn(C)c3)n2n1. The standard InChI is InChI=1S/C11H11N5O/c1-15-7-8(5-13-15)10-4-3-9-6-12-11(17-2)14-16(9)10/h3-7H,1-2H3. The maximum atomic E-state index is 5.02. The van der Waals surface area contributed by atoms with Crippen LogP contribution >= 0.6 is 0 Å². The van der Waals surface area contributed by atoms with Gasteiger partial charge in [0.1, 0.15) is 0 Å². The first-order valence-electron chi connectivity index (χ1n) is 5.16. The minimum absolute atomic E-state index is 0.346. The number of aromatic nitrogens is 5. The number of hydrogen-bond acceptors (Lipinski definition) is 4. The Kier molecular flexibility index (Phi) is 2.07. The molecule has 0 radical (unpaired) electrons. The molecule has 3 rings (SSSR count).